The molecule has 0 amide bonds. The summed E-state index contributed by atoms with van der Waals surface area (Å²) >= 11 is 7.94. The Kier molecular flexibility index (Phi) is 8.76. The molecular weight excluding hydrogens is 666 g/mol. The van der Waals surface area contributed by atoms with E-state index >= 15 is 0 Å². The van der Waals surface area contributed by atoms with Crippen molar-refractivity contribution in [3.05, 3.63) is 29.3 Å². The van der Waals surface area contributed by atoms with E-state index in [4.69, 9.17) is 34.5 Å². The van der Waals surface area contributed by atoms with Gasteiger partial charge in [0, 0.05) is 6.42 Å². The number of anilines is 2. The van der Waals surface area contributed by atoms with Gasteiger partial charge in [0.05, 0.1) is 32.0 Å². The third-order valence-corrected chi connectivity index (χ3v) is 9.44. The molecule has 9 atom stereocenters. The van der Waals surface area contributed by atoms with Gasteiger partial charge in [-0.05, 0) is 0 Å². The third-order valence-electron chi connectivity index (χ3n) is 7.00. The number of H-pyrrole nitrogens is 1. The maximum atomic E-state index is 13.5. The largest absolute Gasteiger partial charge is 0.394 e. The van der Waals surface area contributed by atoms with E-state index in [9.17, 15) is 24.1 Å². The number of thiol groups is 2. The number of nitrogens with zero attached hydrogens (tertiary/aromatic N) is 7. The summed E-state index contributed by atoms with van der Waals surface area (Å²) in [4.78, 5) is 35.0. The number of aliphatic hydroxyl groups excluding tert-OH is 2. The molecule has 20 nitrogen and oxygen atoms in total. The van der Waals surface area contributed by atoms with Crippen molar-refractivity contribution in [3.63, 3.8) is 0 Å². The summed E-state index contributed by atoms with van der Waals surface area (Å²) in [7, 11) is -2.74. The number of rotatable bonds is 10. The van der Waals surface area contributed by atoms with Crippen LogP contribution in [0.4, 0.5) is 11.8 Å². The van der Waals surface area contributed by atoms with Gasteiger partial charge in [0.2, 0.25) is 13.2 Å². The van der Waals surface area contributed by atoms with E-state index in [1.165, 1.54) is 23.5 Å². The second kappa shape index (κ2) is 12.3. The number of hydrogen-bond acceptors (Lipinski definition) is 17. The lowest BCUT2D eigenvalue weighted by molar-refractivity contribution is -0.0518. The monoisotopic (exact) mass is 692 g/mol. The number of aliphatic hydroxyl groups is 2. The second-order valence-electron chi connectivity index (χ2n) is 9.72. The quantitative estimate of drug-likeness (QED) is 0.0837. The van der Waals surface area contributed by atoms with E-state index in [2.05, 4.69) is 54.4 Å². The number of fused-ring (bicyclic) bond motifs is 2. The van der Waals surface area contributed by atoms with E-state index in [1.54, 1.807) is 4.57 Å². The Hall–Kier alpha value is -2.62. The molecule has 0 spiro atoms. The molecule has 0 bridgehead atoms. The molecule has 2 fully saturated rings. The van der Waals surface area contributed by atoms with E-state index in [0.717, 1.165) is 0 Å². The van der Waals surface area contributed by atoms with Crippen LogP contribution < -0.4 is 17.0 Å². The third kappa shape index (κ3) is 5.99. The number of ether oxygens (including phenoxy) is 2. The van der Waals surface area contributed by atoms with Crippen molar-refractivity contribution in [1.82, 2.24) is 39.0 Å². The number of nitrogens with two attached hydrogens (primary N) is 2. The molecule has 0 aliphatic carbocycles. The summed E-state index contributed by atoms with van der Waals surface area (Å²) in [5, 5.41) is 20.6. The van der Waals surface area contributed by atoms with Crippen LogP contribution in [0, 0.1) is 0 Å². The zero-order chi connectivity index (χ0) is 31.3. The van der Waals surface area contributed by atoms with Crippen molar-refractivity contribution in [1.29, 1.82) is 0 Å². The molecule has 0 aromatic carbocycles. The Labute approximate surface area is 257 Å². The fourth-order valence-corrected chi connectivity index (χ4v) is 7.42. The SMILES string of the molecule is Nc1nc2c(ncn2[C@@H]2O[C@H](CO)[C@H](O)[C@@H]2OP(=O)(S)OC[C@H]2O[C@@H](n3cnc4c(N)ncnc43)C[C@H]2O[PH](=O)S)c(=O)[nH]1. The number of nitrogens with one attached hydrogen (secondary N) is 1. The molecular formula is C20H26N10O10P2S2. The summed E-state index contributed by atoms with van der Waals surface area (Å²) in [5.74, 6) is -0.0419. The average molecular weight is 693 g/mol. The van der Waals surface area contributed by atoms with Gasteiger partial charge in [-0.25, -0.2) is 24.5 Å². The summed E-state index contributed by atoms with van der Waals surface area (Å²) in [6.45, 7) is -5.38. The topological polar surface area (TPSA) is 280 Å². The highest BCUT2D eigenvalue weighted by atomic mass is 32.7. The smallest absolute Gasteiger partial charge is 0.386 e. The number of aromatic amines is 1. The highest BCUT2D eigenvalue weighted by Gasteiger charge is 2.49. The fourth-order valence-electron chi connectivity index (χ4n) is 5.04. The average Bonchev–Trinajstić information content (AvgIpc) is 3.73. The van der Waals surface area contributed by atoms with Crippen LogP contribution in [0.15, 0.2) is 23.8 Å². The Bertz CT molecular complexity index is 1820. The van der Waals surface area contributed by atoms with Gasteiger partial charge >= 0.3 is 6.80 Å². The van der Waals surface area contributed by atoms with Crippen molar-refractivity contribution >= 4 is 72.6 Å². The van der Waals surface area contributed by atoms with E-state index in [0.29, 0.717) is 11.2 Å². The predicted molar refractivity (Wildman–Crippen MR) is 158 cm³/mol. The first kappa shape index (κ1) is 31.4. The van der Waals surface area contributed by atoms with Gasteiger partial charge in [-0.1, -0.05) is 24.5 Å². The summed E-state index contributed by atoms with van der Waals surface area (Å²) in [6.07, 6.45) is -3.85. The molecule has 2 aliphatic heterocycles. The molecule has 6 rings (SSSR count). The van der Waals surface area contributed by atoms with Gasteiger partial charge < -0.3 is 35.7 Å². The lowest BCUT2D eigenvalue weighted by Gasteiger charge is -2.26. The Morgan fingerprint density at radius 2 is 1.89 bits per heavy atom. The summed E-state index contributed by atoms with van der Waals surface area (Å²) in [6, 6.07) is 0. The maximum Gasteiger partial charge on any atom is 0.386 e. The van der Waals surface area contributed by atoms with Crippen LogP contribution in [-0.2, 0) is 32.2 Å². The number of hydrogen-bond donors (Lipinski definition) is 7. The van der Waals surface area contributed by atoms with Gasteiger partial charge in [-0.15, -0.1) is 0 Å². The number of imidazole rings is 2. The molecule has 2 saturated heterocycles. The van der Waals surface area contributed by atoms with Gasteiger partial charge in [-0.2, -0.15) is 4.98 Å². The Morgan fingerprint density at radius 1 is 1.14 bits per heavy atom. The van der Waals surface area contributed by atoms with Crippen molar-refractivity contribution in [2.75, 3.05) is 24.7 Å². The normalized spacial score (nSPS) is 29.4. The minimum atomic E-state index is -4.33. The highest BCUT2D eigenvalue weighted by Crippen LogP contribution is 2.57. The van der Waals surface area contributed by atoms with Crippen LogP contribution in [0.3, 0.4) is 0 Å². The van der Waals surface area contributed by atoms with Gasteiger partial charge in [0.15, 0.2) is 28.9 Å². The minimum absolute atomic E-state index is 0.0167. The van der Waals surface area contributed by atoms with Gasteiger partial charge in [0.1, 0.15) is 42.5 Å². The van der Waals surface area contributed by atoms with E-state index in [1.807, 2.05) is 0 Å². The van der Waals surface area contributed by atoms with Gasteiger partial charge in [0.25, 0.3) is 5.56 Å². The van der Waals surface area contributed by atoms with Crippen LogP contribution in [0.1, 0.15) is 18.9 Å². The number of aromatic nitrogens is 8. The molecule has 6 heterocycles. The minimum Gasteiger partial charge on any atom is -0.394 e. The first-order valence-corrected chi connectivity index (χ1v) is 18.1. The zero-order valence-corrected chi connectivity index (χ0v) is 25.9. The summed E-state index contributed by atoms with van der Waals surface area (Å²) in [5.41, 5.74) is 11.6. The Balaban J connectivity index is 1.20. The van der Waals surface area contributed by atoms with Crippen molar-refractivity contribution in [2.45, 2.75) is 49.4 Å². The zero-order valence-electron chi connectivity index (χ0n) is 22.2. The van der Waals surface area contributed by atoms with Crippen LogP contribution in [0.5, 0.6) is 0 Å². The molecule has 44 heavy (non-hydrogen) atoms. The van der Waals surface area contributed by atoms with E-state index < -0.39 is 75.8 Å². The highest BCUT2D eigenvalue weighted by molar-refractivity contribution is 8.44. The second-order valence-corrected chi connectivity index (χ2v) is 14.5. The molecule has 24 heteroatoms. The van der Waals surface area contributed by atoms with Crippen molar-refractivity contribution < 1.29 is 42.4 Å². The standard InChI is InChI=1S/C20H26N10O10P2S2/c21-15-11-16(24-4-23-15)29(5-25-11)10-1-7(39-41(34)43)9(37-10)3-36-42(35,44)40-14-13(32)8(2-31)38-19(14)30-6-26-12-17(30)27-20(22)28-18(12)33/h4-10,13-14,19,31-32,41H,1-3H2,(H,34,43)(H,35,44)(H2,21,23,24)(H3,22,27,28,33)/t7-,8-,9-,10-,13+,14+,19-,42?/m1/s1. The fraction of sp³-hybridized carbons (Fsp3) is 0.500. The molecule has 2 unspecified atom stereocenters. The molecule has 7 N–H and O–H groups in total. The maximum absolute atomic E-state index is 13.5. The molecule has 4 aromatic heterocycles. The van der Waals surface area contributed by atoms with Crippen molar-refractivity contribution in [2.24, 2.45) is 0 Å². The van der Waals surface area contributed by atoms with Crippen LogP contribution in [0.25, 0.3) is 22.3 Å². The first-order valence-electron chi connectivity index (χ1n) is 12.8. The van der Waals surface area contributed by atoms with Gasteiger partial charge in [-0.3, -0.25) is 32.5 Å². The lowest BCUT2D eigenvalue weighted by Crippen LogP contribution is -2.35. The molecule has 0 saturated carbocycles. The molecule has 0 radical (unpaired) electrons. The predicted octanol–water partition coefficient (Wildman–Crippen LogP) is -0.194. The lowest BCUT2D eigenvalue weighted by atomic mass is 10.1. The van der Waals surface area contributed by atoms with E-state index in [-0.39, 0.29) is 29.4 Å². The Morgan fingerprint density at radius 3 is 2.64 bits per heavy atom. The molecule has 238 valence electrons. The van der Waals surface area contributed by atoms with Crippen molar-refractivity contribution in [3.8, 4) is 0 Å². The molecule has 2 aliphatic rings. The van der Waals surface area contributed by atoms with Crippen LogP contribution in [0.2, 0.25) is 0 Å². The summed E-state index contributed by atoms with van der Waals surface area (Å²) < 4.78 is 56.6. The molecule has 4 aromatic rings. The number of nitrogen functional groups attached to an aromatic ring is 2. The van der Waals surface area contributed by atoms with Crippen LogP contribution in [-0.4, -0.2) is 93.0 Å². The van der Waals surface area contributed by atoms with Crippen LogP contribution >= 0.6 is 38.5 Å². The first-order chi connectivity index (χ1) is 21.0.